The Kier molecular flexibility index (Phi) is 8.76. The number of carboxylic acid groups (broad SMARTS) is 1. The van der Waals surface area contributed by atoms with E-state index < -0.39 is 5.97 Å². The van der Waals surface area contributed by atoms with Crippen molar-refractivity contribution in [1.29, 1.82) is 0 Å². The van der Waals surface area contributed by atoms with Gasteiger partial charge < -0.3 is 25.1 Å². The average Bonchev–Trinajstić information content (AvgIpc) is 3.24. The Labute approximate surface area is 248 Å². The standard InChI is InChI=1S/C30H28N6O4.Li/c1-34(2)28(38)16-19-9-10-25-26(15-19)35(30(31)32-25)17-20-5-3-7-22(13-20)24-11-12-27(37)36(33-24)18-21-6-4-8-23(14-21)29(39)40;/h3-15H,16-18H2,1-2H3,(H2,31,32)(H,39,40);/q;+1/p-1. The van der Waals surface area contributed by atoms with Crippen LogP contribution in [0.5, 0.6) is 0 Å². The third-order valence-corrected chi connectivity index (χ3v) is 6.62. The Morgan fingerprint density at radius 2 is 1.63 bits per heavy atom. The largest absolute Gasteiger partial charge is 1.00 e. The molecule has 5 aromatic rings. The molecular formula is C30H27LiN6O4. The van der Waals surface area contributed by atoms with Crippen molar-refractivity contribution in [3.63, 3.8) is 0 Å². The molecule has 0 radical (unpaired) electrons. The van der Waals surface area contributed by atoms with Gasteiger partial charge in [0, 0.05) is 25.7 Å². The number of likely N-dealkylation sites (N-methyl/N-ethyl adjacent to an activating group) is 1. The molecule has 0 spiro atoms. The van der Waals surface area contributed by atoms with Gasteiger partial charge in [0.2, 0.25) is 11.9 Å². The molecule has 11 heteroatoms. The van der Waals surface area contributed by atoms with Crippen LogP contribution in [0.1, 0.15) is 27.0 Å². The molecule has 0 aliphatic carbocycles. The number of aromatic nitrogens is 4. The Hall–Kier alpha value is -4.65. The van der Waals surface area contributed by atoms with Crippen molar-refractivity contribution in [3.05, 3.63) is 111 Å². The maximum Gasteiger partial charge on any atom is 1.00 e. The number of hydrogen-bond donors (Lipinski definition) is 1. The fraction of sp³-hybridized carbons (Fsp3) is 0.167. The van der Waals surface area contributed by atoms with Crippen molar-refractivity contribution < 1.29 is 33.6 Å². The van der Waals surface area contributed by atoms with Gasteiger partial charge >= 0.3 is 18.9 Å². The zero-order chi connectivity index (χ0) is 28.4. The quantitative estimate of drug-likeness (QED) is 0.247. The molecule has 10 nitrogen and oxygen atoms in total. The van der Waals surface area contributed by atoms with Crippen molar-refractivity contribution in [2.75, 3.05) is 19.8 Å². The van der Waals surface area contributed by atoms with Gasteiger partial charge in [0.1, 0.15) is 0 Å². The van der Waals surface area contributed by atoms with Crippen LogP contribution in [0.2, 0.25) is 0 Å². The summed E-state index contributed by atoms with van der Waals surface area (Å²) in [7, 11) is 3.46. The summed E-state index contributed by atoms with van der Waals surface area (Å²) in [4.78, 5) is 42.0. The number of imidazole rings is 1. The molecule has 2 heterocycles. The van der Waals surface area contributed by atoms with Crippen LogP contribution in [0.4, 0.5) is 5.95 Å². The Morgan fingerprint density at radius 1 is 0.902 bits per heavy atom. The van der Waals surface area contributed by atoms with E-state index in [1.165, 1.54) is 22.9 Å². The van der Waals surface area contributed by atoms with Crippen LogP contribution >= 0.6 is 0 Å². The molecule has 0 aliphatic heterocycles. The predicted molar refractivity (Wildman–Crippen MR) is 149 cm³/mol. The SMILES string of the molecule is CN(C)C(=O)Cc1ccc2nc(N)n(Cc3cccc(-c4ccc(=O)n(Cc5cccc(C(=O)[O-])c5)n4)c3)c2c1.[Li+]. The van der Waals surface area contributed by atoms with Gasteiger partial charge in [-0.05, 0) is 52.6 Å². The number of rotatable bonds is 8. The van der Waals surface area contributed by atoms with Crippen molar-refractivity contribution in [3.8, 4) is 11.3 Å². The molecule has 3 aromatic carbocycles. The smallest absolute Gasteiger partial charge is 0.545 e. The number of carbonyl (C=O) groups excluding carboxylic acids is 2. The molecule has 2 N–H and O–H groups in total. The number of nitrogens with zero attached hydrogens (tertiary/aromatic N) is 5. The zero-order valence-electron chi connectivity index (χ0n) is 23.1. The van der Waals surface area contributed by atoms with Crippen LogP contribution in [-0.2, 0) is 24.3 Å². The summed E-state index contributed by atoms with van der Waals surface area (Å²) in [5, 5.41) is 15.7. The van der Waals surface area contributed by atoms with Crippen LogP contribution in [0, 0.1) is 0 Å². The van der Waals surface area contributed by atoms with Crippen molar-refractivity contribution in [2.24, 2.45) is 0 Å². The summed E-state index contributed by atoms with van der Waals surface area (Å²) in [6, 6.07) is 22.8. The molecule has 0 saturated heterocycles. The molecule has 0 fully saturated rings. The second-order valence-corrected chi connectivity index (χ2v) is 9.75. The van der Waals surface area contributed by atoms with E-state index in [2.05, 4.69) is 10.1 Å². The molecule has 0 atom stereocenters. The summed E-state index contributed by atoms with van der Waals surface area (Å²) in [5.41, 5.74) is 11.4. The van der Waals surface area contributed by atoms with E-state index in [1.807, 2.05) is 47.0 Å². The van der Waals surface area contributed by atoms with Crippen LogP contribution in [0.3, 0.4) is 0 Å². The Bertz CT molecular complexity index is 1810. The molecule has 0 unspecified atom stereocenters. The summed E-state index contributed by atoms with van der Waals surface area (Å²) < 4.78 is 3.20. The van der Waals surface area contributed by atoms with Gasteiger partial charge in [-0.2, -0.15) is 5.10 Å². The molecule has 5 rings (SSSR count). The molecule has 1 amide bonds. The van der Waals surface area contributed by atoms with E-state index >= 15 is 0 Å². The third-order valence-electron chi connectivity index (χ3n) is 6.62. The van der Waals surface area contributed by atoms with E-state index in [1.54, 1.807) is 37.2 Å². The summed E-state index contributed by atoms with van der Waals surface area (Å²) in [5.74, 6) is -0.911. The molecule has 0 saturated carbocycles. The van der Waals surface area contributed by atoms with Crippen molar-refractivity contribution in [2.45, 2.75) is 19.5 Å². The van der Waals surface area contributed by atoms with Gasteiger partial charge in [0.15, 0.2) is 0 Å². The fourth-order valence-electron chi connectivity index (χ4n) is 4.49. The van der Waals surface area contributed by atoms with Crippen LogP contribution < -0.4 is 35.3 Å². The number of anilines is 1. The van der Waals surface area contributed by atoms with Crippen molar-refractivity contribution in [1.82, 2.24) is 24.2 Å². The van der Waals surface area contributed by atoms with Crippen LogP contribution in [-0.4, -0.2) is 50.2 Å². The van der Waals surface area contributed by atoms with Crippen LogP contribution in [0.15, 0.2) is 83.7 Å². The summed E-state index contributed by atoms with van der Waals surface area (Å²) in [6.45, 7) is 0.556. The average molecular weight is 543 g/mol. The Morgan fingerprint density at radius 3 is 2.37 bits per heavy atom. The van der Waals surface area contributed by atoms with Crippen LogP contribution in [0.25, 0.3) is 22.3 Å². The first-order valence-corrected chi connectivity index (χ1v) is 12.6. The number of carbonyl (C=O) groups is 2. The number of benzene rings is 3. The predicted octanol–water partition coefficient (Wildman–Crippen LogP) is -1.06. The van der Waals surface area contributed by atoms with Gasteiger partial charge in [-0.15, -0.1) is 0 Å². The first-order chi connectivity index (χ1) is 19.2. The molecule has 2 aromatic heterocycles. The normalized spacial score (nSPS) is 10.8. The number of aromatic carboxylic acids is 1. The molecule has 0 aliphatic rings. The summed E-state index contributed by atoms with van der Waals surface area (Å²) >= 11 is 0. The van der Waals surface area contributed by atoms with E-state index in [0.29, 0.717) is 23.8 Å². The maximum absolute atomic E-state index is 12.5. The van der Waals surface area contributed by atoms with Gasteiger partial charge in [0.05, 0.1) is 42.2 Å². The van der Waals surface area contributed by atoms with E-state index in [0.717, 1.165) is 27.7 Å². The van der Waals surface area contributed by atoms with E-state index in [4.69, 9.17) is 5.73 Å². The Balaban J connectivity index is 0.00000387. The number of carboxylic acids is 1. The number of amides is 1. The second kappa shape index (κ2) is 12.2. The fourth-order valence-corrected chi connectivity index (χ4v) is 4.49. The minimum absolute atomic E-state index is 0. The molecule has 0 bridgehead atoms. The van der Waals surface area contributed by atoms with Gasteiger partial charge in [0.25, 0.3) is 5.56 Å². The maximum atomic E-state index is 12.5. The third kappa shape index (κ3) is 6.57. The molecular weight excluding hydrogens is 515 g/mol. The topological polar surface area (TPSA) is 139 Å². The number of nitrogens with two attached hydrogens (primary N) is 1. The number of nitrogen functional groups attached to an aromatic ring is 1. The van der Waals surface area contributed by atoms with Gasteiger partial charge in [-0.25, -0.2) is 9.67 Å². The van der Waals surface area contributed by atoms with E-state index in [9.17, 15) is 19.5 Å². The van der Waals surface area contributed by atoms with Gasteiger partial charge in [-0.3, -0.25) is 9.59 Å². The van der Waals surface area contributed by atoms with E-state index in [-0.39, 0.29) is 48.9 Å². The summed E-state index contributed by atoms with van der Waals surface area (Å²) in [6.07, 6.45) is 0.280. The minimum Gasteiger partial charge on any atom is -0.545 e. The number of fused-ring (bicyclic) bond motifs is 1. The van der Waals surface area contributed by atoms with Gasteiger partial charge in [-0.1, -0.05) is 42.5 Å². The minimum atomic E-state index is -1.28. The van der Waals surface area contributed by atoms with Crippen molar-refractivity contribution >= 4 is 28.9 Å². The zero-order valence-corrected chi connectivity index (χ0v) is 23.1. The first-order valence-electron chi connectivity index (χ1n) is 12.6. The second-order valence-electron chi connectivity index (χ2n) is 9.75. The number of hydrogen-bond acceptors (Lipinski definition) is 7. The monoisotopic (exact) mass is 542 g/mol. The first kappa shape index (κ1) is 29.3. The molecule has 202 valence electrons. The molecule has 41 heavy (non-hydrogen) atoms.